The lowest BCUT2D eigenvalue weighted by molar-refractivity contribution is 0.402. The second kappa shape index (κ2) is 2.20. The third kappa shape index (κ3) is 0.654. The third-order valence-electron chi connectivity index (χ3n) is 5.30. The van der Waals surface area contributed by atoms with E-state index in [9.17, 15) is 0 Å². The number of rotatable bonds is 0. The van der Waals surface area contributed by atoms with Gasteiger partial charge in [-0.15, -0.1) is 0 Å². The van der Waals surface area contributed by atoms with E-state index in [1.54, 1.807) is 22.3 Å². The molecule has 0 saturated heterocycles. The highest BCUT2D eigenvalue weighted by molar-refractivity contribution is 5.91. The average Bonchev–Trinajstić information content (AvgIpc) is 2.43. The van der Waals surface area contributed by atoms with Gasteiger partial charge in [-0.05, 0) is 71.2 Å². The fourth-order valence-electron chi connectivity index (χ4n) is 4.43. The SMILES string of the molecule is Cc1ccc2c3c1CC31Cc3c(C)ccc-2c31. The summed E-state index contributed by atoms with van der Waals surface area (Å²) < 4.78 is 0. The summed E-state index contributed by atoms with van der Waals surface area (Å²) in [6, 6.07) is 9.30. The molecule has 0 aliphatic heterocycles. The topological polar surface area (TPSA) is 0 Å². The summed E-state index contributed by atoms with van der Waals surface area (Å²) >= 11 is 0. The van der Waals surface area contributed by atoms with Crippen LogP contribution in [-0.4, -0.2) is 0 Å². The molecule has 0 radical (unpaired) electrons. The third-order valence-corrected chi connectivity index (χ3v) is 5.30. The quantitative estimate of drug-likeness (QED) is 0.632. The molecule has 0 N–H and O–H groups in total. The fourth-order valence-corrected chi connectivity index (χ4v) is 4.43. The van der Waals surface area contributed by atoms with E-state index in [1.165, 1.54) is 35.1 Å². The molecule has 0 aromatic heterocycles. The van der Waals surface area contributed by atoms with E-state index in [0.29, 0.717) is 5.41 Å². The molecule has 3 aliphatic rings. The van der Waals surface area contributed by atoms with Crippen LogP contribution < -0.4 is 0 Å². The van der Waals surface area contributed by atoms with Crippen molar-refractivity contribution in [2.75, 3.05) is 0 Å². The molecule has 0 atom stereocenters. The predicted octanol–water partition coefficient (Wildman–Crippen LogP) is 3.68. The molecule has 0 bridgehead atoms. The van der Waals surface area contributed by atoms with Crippen molar-refractivity contribution in [3.05, 3.63) is 57.6 Å². The number of fused-ring (bicyclic) bond motifs is 1. The van der Waals surface area contributed by atoms with Crippen molar-refractivity contribution in [3.8, 4) is 11.1 Å². The maximum absolute atomic E-state index is 2.35. The largest absolute Gasteiger partial charge is 0.0584 e. The lowest BCUT2D eigenvalue weighted by atomic mass is 9.52. The highest BCUT2D eigenvalue weighted by Crippen LogP contribution is 2.66. The van der Waals surface area contributed by atoms with Crippen LogP contribution in [-0.2, 0) is 18.3 Å². The molecule has 17 heavy (non-hydrogen) atoms. The highest BCUT2D eigenvalue weighted by Gasteiger charge is 2.58. The Hall–Kier alpha value is -1.56. The van der Waals surface area contributed by atoms with Gasteiger partial charge in [-0.2, -0.15) is 0 Å². The molecule has 3 aliphatic carbocycles. The molecule has 0 nitrogen and oxygen atoms in total. The Bertz CT molecular complexity index is 656. The van der Waals surface area contributed by atoms with Gasteiger partial charge in [0.2, 0.25) is 0 Å². The van der Waals surface area contributed by atoms with Gasteiger partial charge < -0.3 is 0 Å². The van der Waals surface area contributed by atoms with Crippen LogP contribution in [0.15, 0.2) is 24.3 Å². The maximum Gasteiger partial charge on any atom is 0.0301 e. The number of benzene rings is 2. The van der Waals surface area contributed by atoms with Crippen molar-refractivity contribution >= 4 is 0 Å². The standard InChI is InChI=1S/C17H14/c1-9-3-5-11-12-6-4-10(2)14-8-17(16(12)14)7-13(9)15(11)17/h3-6H,7-8H2,1-2H3. The van der Waals surface area contributed by atoms with Crippen LogP contribution in [0.3, 0.4) is 0 Å². The van der Waals surface area contributed by atoms with Crippen LogP contribution in [0.25, 0.3) is 11.1 Å². The molecule has 2 aromatic rings. The van der Waals surface area contributed by atoms with E-state index < -0.39 is 0 Å². The van der Waals surface area contributed by atoms with Crippen LogP contribution in [0.4, 0.5) is 0 Å². The van der Waals surface area contributed by atoms with Gasteiger partial charge in [0.1, 0.15) is 0 Å². The average molecular weight is 218 g/mol. The Morgan fingerprint density at radius 1 is 0.765 bits per heavy atom. The van der Waals surface area contributed by atoms with Crippen LogP contribution in [0.5, 0.6) is 0 Å². The minimum Gasteiger partial charge on any atom is -0.0584 e. The van der Waals surface area contributed by atoms with Crippen LogP contribution in [0, 0.1) is 13.8 Å². The second-order valence-corrected chi connectivity index (χ2v) is 6.00. The van der Waals surface area contributed by atoms with E-state index in [1.807, 2.05) is 0 Å². The Morgan fingerprint density at radius 3 is 1.71 bits per heavy atom. The Kier molecular flexibility index (Phi) is 1.10. The van der Waals surface area contributed by atoms with E-state index >= 15 is 0 Å². The number of hydrogen-bond donors (Lipinski definition) is 0. The van der Waals surface area contributed by atoms with Crippen molar-refractivity contribution in [3.63, 3.8) is 0 Å². The van der Waals surface area contributed by atoms with Gasteiger partial charge in [-0.3, -0.25) is 0 Å². The van der Waals surface area contributed by atoms with Crippen molar-refractivity contribution in [1.29, 1.82) is 0 Å². The van der Waals surface area contributed by atoms with Crippen molar-refractivity contribution in [1.82, 2.24) is 0 Å². The Balaban J connectivity index is 1.98. The predicted molar refractivity (Wildman–Crippen MR) is 69.5 cm³/mol. The Labute approximate surface area is 101 Å². The molecule has 0 fully saturated rings. The summed E-state index contributed by atoms with van der Waals surface area (Å²) in [5.41, 5.74) is 13.2. The van der Waals surface area contributed by atoms with Gasteiger partial charge >= 0.3 is 0 Å². The molecule has 0 heterocycles. The second-order valence-electron chi connectivity index (χ2n) is 6.00. The molecule has 2 aromatic carbocycles. The van der Waals surface area contributed by atoms with E-state index in [2.05, 4.69) is 38.1 Å². The first-order chi connectivity index (χ1) is 8.22. The van der Waals surface area contributed by atoms with Crippen molar-refractivity contribution in [2.24, 2.45) is 0 Å². The van der Waals surface area contributed by atoms with Gasteiger partial charge in [-0.25, -0.2) is 0 Å². The molecule has 1 spiro atoms. The number of hydrogen-bond acceptors (Lipinski definition) is 0. The van der Waals surface area contributed by atoms with Gasteiger partial charge in [0.05, 0.1) is 0 Å². The Morgan fingerprint density at radius 2 is 1.24 bits per heavy atom. The first kappa shape index (κ1) is 8.52. The summed E-state index contributed by atoms with van der Waals surface area (Å²) in [5.74, 6) is 0. The van der Waals surface area contributed by atoms with Gasteiger partial charge in [-0.1, -0.05) is 24.3 Å². The van der Waals surface area contributed by atoms with Crippen LogP contribution in [0.2, 0.25) is 0 Å². The summed E-state index contributed by atoms with van der Waals surface area (Å²) in [5, 5.41) is 0. The summed E-state index contributed by atoms with van der Waals surface area (Å²) in [6.07, 6.45) is 2.59. The lowest BCUT2D eigenvalue weighted by Crippen LogP contribution is -2.47. The fraction of sp³-hybridized carbons (Fsp3) is 0.294. The summed E-state index contributed by atoms with van der Waals surface area (Å²) in [6.45, 7) is 4.52. The van der Waals surface area contributed by atoms with E-state index in [4.69, 9.17) is 0 Å². The smallest absolute Gasteiger partial charge is 0.0301 e. The summed E-state index contributed by atoms with van der Waals surface area (Å²) in [4.78, 5) is 0. The minimum absolute atomic E-state index is 0.466. The minimum atomic E-state index is 0.466. The molecule has 0 heteroatoms. The zero-order valence-corrected chi connectivity index (χ0v) is 10.2. The molecule has 82 valence electrons. The van der Waals surface area contributed by atoms with Crippen molar-refractivity contribution < 1.29 is 0 Å². The van der Waals surface area contributed by atoms with Gasteiger partial charge in [0.25, 0.3) is 0 Å². The first-order valence-electron chi connectivity index (χ1n) is 6.49. The monoisotopic (exact) mass is 218 g/mol. The van der Waals surface area contributed by atoms with Crippen molar-refractivity contribution in [2.45, 2.75) is 32.1 Å². The highest BCUT2D eigenvalue weighted by atomic mass is 14.6. The number of aryl methyl sites for hydroxylation is 2. The summed E-state index contributed by atoms with van der Waals surface area (Å²) in [7, 11) is 0. The zero-order valence-electron chi connectivity index (χ0n) is 10.2. The lowest BCUT2D eigenvalue weighted by Gasteiger charge is -2.50. The molecule has 5 rings (SSSR count). The van der Waals surface area contributed by atoms with E-state index in [-0.39, 0.29) is 0 Å². The molecular weight excluding hydrogens is 204 g/mol. The molecular formula is C17H14. The normalized spacial score (nSPS) is 19.2. The maximum atomic E-state index is 2.35. The van der Waals surface area contributed by atoms with Gasteiger partial charge in [0, 0.05) is 5.41 Å². The van der Waals surface area contributed by atoms with Gasteiger partial charge in [0.15, 0.2) is 0 Å². The first-order valence-corrected chi connectivity index (χ1v) is 6.49. The molecule has 0 saturated carbocycles. The van der Waals surface area contributed by atoms with Crippen LogP contribution in [0.1, 0.15) is 33.4 Å². The zero-order chi connectivity index (χ0) is 11.4. The molecule has 0 unspecified atom stereocenters. The van der Waals surface area contributed by atoms with E-state index in [0.717, 1.165) is 0 Å². The van der Waals surface area contributed by atoms with Crippen LogP contribution >= 0.6 is 0 Å². The molecule has 0 amide bonds.